The summed E-state index contributed by atoms with van der Waals surface area (Å²) in [5.41, 5.74) is 0.839. The van der Waals surface area contributed by atoms with Gasteiger partial charge in [0.25, 0.3) is 0 Å². The molecule has 0 aliphatic heterocycles. The summed E-state index contributed by atoms with van der Waals surface area (Å²) in [5, 5.41) is 7.69. The minimum atomic E-state index is 0.262. The van der Waals surface area contributed by atoms with Crippen molar-refractivity contribution in [1.82, 2.24) is 0 Å². The smallest absolute Gasteiger partial charge is 0.162 e. The average Bonchev–Trinajstić information content (AvgIpc) is 2.37. The fourth-order valence-corrected chi connectivity index (χ4v) is 1.11. The molecule has 0 atom stereocenters. The molecule has 0 amide bonds. The van der Waals surface area contributed by atoms with Crippen LogP contribution in [0.2, 0.25) is 0 Å². The number of rotatable bonds is 4. The molecule has 0 fully saturated rings. The molecule has 0 radical (unpaired) electrons. The molecule has 1 aromatic carbocycles. The largest absolute Gasteiger partial charge is 0.516 e. The summed E-state index contributed by atoms with van der Waals surface area (Å²) < 4.78 is 0. The number of aliphatic hydroxyl groups excluding tert-OH is 1. The lowest BCUT2D eigenvalue weighted by Crippen LogP contribution is -1.97. The molecule has 0 heterocycles. The molecule has 1 rings (SSSR count). The van der Waals surface area contributed by atoms with E-state index in [1.165, 1.54) is 0 Å². The zero-order valence-electron chi connectivity index (χ0n) is 10.0. The minimum absolute atomic E-state index is 0.262. The molecule has 0 saturated heterocycles. The van der Waals surface area contributed by atoms with Crippen LogP contribution in [0.25, 0.3) is 0 Å². The van der Waals surface area contributed by atoms with Crippen LogP contribution in [0.4, 0.5) is 0 Å². The number of Topliss-reactive ketones (excluding diaryl/α,β-unsaturated/α-hetero) is 1. The molecular formula is C14H20O2. The predicted molar refractivity (Wildman–Crippen MR) is 67.7 cm³/mol. The summed E-state index contributed by atoms with van der Waals surface area (Å²) in [7, 11) is 0. The van der Waals surface area contributed by atoms with Gasteiger partial charge in [-0.3, -0.25) is 4.79 Å². The van der Waals surface area contributed by atoms with Crippen LogP contribution in [0, 0.1) is 0 Å². The van der Waals surface area contributed by atoms with E-state index in [0.717, 1.165) is 24.7 Å². The summed E-state index contributed by atoms with van der Waals surface area (Å²) in [5.74, 6) is 0.262. The van der Waals surface area contributed by atoms with E-state index in [1.54, 1.807) is 13.0 Å². The number of unbranched alkanes of at least 4 members (excludes halogenated alkanes) is 1. The number of benzene rings is 1. The molecule has 1 aromatic rings. The zero-order valence-corrected chi connectivity index (χ0v) is 10.0. The molecular weight excluding hydrogens is 200 g/mol. The summed E-state index contributed by atoms with van der Waals surface area (Å²) in [4.78, 5) is 11.4. The number of aliphatic hydroxyl groups is 1. The molecule has 0 spiro atoms. The highest BCUT2D eigenvalue weighted by Gasteiger charge is 2.02. The lowest BCUT2D eigenvalue weighted by atomic mass is 10.1. The molecule has 16 heavy (non-hydrogen) atoms. The van der Waals surface area contributed by atoms with Crippen molar-refractivity contribution in [3.05, 3.63) is 48.2 Å². The molecule has 0 aliphatic rings. The van der Waals surface area contributed by atoms with Crippen molar-refractivity contribution in [2.75, 3.05) is 0 Å². The molecule has 0 aliphatic carbocycles. The van der Waals surface area contributed by atoms with Gasteiger partial charge in [0.05, 0.1) is 6.26 Å². The monoisotopic (exact) mass is 220 g/mol. The Morgan fingerprint density at radius 1 is 1.31 bits per heavy atom. The summed E-state index contributed by atoms with van der Waals surface area (Å²) in [6.45, 7) is 3.85. The summed E-state index contributed by atoms with van der Waals surface area (Å²) in [6.07, 6.45) is 5.31. The maximum absolute atomic E-state index is 11.4. The van der Waals surface area contributed by atoms with Crippen LogP contribution in [-0.2, 0) is 0 Å². The summed E-state index contributed by atoms with van der Waals surface area (Å²) >= 11 is 0. The van der Waals surface area contributed by atoms with Gasteiger partial charge in [0, 0.05) is 12.0 Å². The van der Waals surface area contributed by atoms with Crippen LogP contribution < -0.4 is 0 Å². The Labute approximate surface area is 97.6 Å². The van der Waals surface area contributed by atoms with Gasteiger partial charge in [-0.25, -0.2) is 0 Å². The first kappa shape index (κ1) is 14.4. The fraction of sp³-hybridized carbons (Fsp3) is 0.357. The predicted octanol–water partition coefficient (Wildman–Crippen LogP) is 4.14. The van der Waals surface area contributed by atoms with Crippen LogP contribution in [0.15, 0.2) is 42.7 Å². The van der Waals surface area contributed by atoms with Gasteiger partial charge in [-0.05, 0) is 13.3 Å². The Morgan fingerprint density at radius 3 is 2.31 bits per heavy atom. The highest BCUT2D eigenvalue weighted by molar-refractivity contribution is 5.95. The van der Waals surface area contributed by atoms with Gasteiger partial charge in [-0.15, -0.1) is 0 Å². The van der Waals surface area contributed by atoms with Gasteiger partial charge in [0.15, 0.2) is 5.78 Å². The van der Waals surface area contributed by atoms with E-state index in [9.17, 15) is 4.79 Å². The second-order valence-corrected chi connectivity index (χ2v) is 3.38. The maximum atomic E-state index is 11.4. The van der Waals surface area contributed by atoms with Crippen molar-refractivity contribution in [2.45, 2.75) is 33.1 Å². The first-order valence-corrected chi connectivity index (χ1v) is 5.59. The van der Waals surface area contributed by atoms with Gasteiger partial charge in [-0.1, -0.05) is 49.8 Å². The van der Waals surface area contributed by atoms with E-state index >= 15 is 0 Å². The average molecular weight is 220 g/mol. The Bertz CT molecular complexity index is 298. The Hall–Kier alpha value is -1.57. The highest BCUT2D eigenvalue weighted by atomic mass is 16.2. The number of hydrogen-bond donors (Lipinski definition) is 1. The first-order chi connectivity index (χ1) is 7.76. The van der Waals surface area contributed by atoms with E-state index in [1.807, 2.05) is 30.3 Å². The number of allylic oxidation sites excluding steroid dienone is 1. The number of carbonyl (C=O) groups is 1. The van der Waals surface area contributed by atoms with E-state index in [2.05, 4.69) is 6.92 Å². The van der Waals surface area contributed by atoms with Crippen LogP contribution in [-0.4, -0.2) is 10.9 Å². The third kappa shape index (κ3) is 6.82. The highest BCUT2D eigenvalue weighted by Crippen LogP contribution is 2.05. The lowest BCUT2D eigenvalue weighted by molar-refractivity contribution is 0.0980. The molecule has 88 valence electrons. The number of hydrogen-bond acceptors (Lipinski definition) is 2. The lowest BCUT2D eigenvalue weighted by Gasteiger charge is -1.97. The Morgan fingerprint density at radius 2 is 1.88 bits per heavy atom. The van der Waals surface area contributed by atoms with Gasteiger partial charge >= 0.3 is 0 Å². The molecule has 0 unspecified atom stereocenters. The Balaban J connectivity index is 0.000000487. The van der Waals surface area contributed by atoms with Crippen molar-refractivity contribution in [3.8, 4) is 0 Å². The van der Waals surface area contributed by atoms with Crippen LogP contribution in [0.1, 0.15) is 43.5 Å². The van der Waals surface area contributed by atoms with Crippen molar-refractivity contribution in [2.24, 2.45) is 0 Å². The fourth-order valence-electron chi connectivity index (χ4n) is 1.11. The SMILES string of the molecule is CC=CO.CCCCC(=O)c1ccccc1. The Kier molecular flexibility index (Phi) is 8.99. The zero-order chi connectivity index (χ0) is 12.2. The molecule has 0 saturated carbocycles. The quantitative estimate of drug-likeness (QED) is 0.611. The van der Waals surface area contributed by atoms with Crippen LogP contribution in [0.5, 0.6) is 0 Å². The van der Waals surface area contributed by atoms with Crippen LogP contribution >= 0.6 is 0 Å². The van der Waals surface area contributed by atoms with Gasteiger partial charge in [0.1, 0.15) is 0 Å². The van der Waals surface area contributed by atoms with E-state index < -0.39 is 0 Å². The van der Waals surface area contributed by atoms with E-state index in [4.69, 9.17) is 5.11 Å². The molecule has 2 heteroatoms. The standard InChI is InChI=1S/C11H14O.C3H6O/c1-2-3-9-11(12)10-7-5-4-6-8-10;1-2-3-4/h4-8H,2-3,9H2,1H3;2-4H,1H3. The molecule has 2 nitrogen and oxygen atoms in total. The van der Waals surface area contributed by atoms with Crippen molar-refractivity contribution < 1.29 is 9.90 Å². The molecule has 1 N–H and O–H groups in total. The molecule has 0 aromatic heterocycles. The van der Waals surface area contributed by atoms with Gasteiger partial charge in [0.2, 0.25) is 0 Å². The van der Waals surface area contributed by atoms with Crippen molar-refractivity contribution in [3.63, 3.8) is 0 Å². The second kappa shape index (κ2) is 9.97. The van der Waals surface area contributed by atoms with Crippen molar-refractivity contribution >= 4 is 5.78 Å². The number of carbonyl (C=O) groups excluding carboxylic acids is 1. The van der Waals surface area contributed by atoms with Crippen LogP contribution in [0.3, 0.4) is 0 Å². The molecule has 0 bridgehead atoms. The normalized spacial score (nSPS) is 9.62. The number of ketones is 1. The maximum Gasteiger partial charge on any atom is 0.162 e. The third-order valence-electron chi connectivity index (χ3n) is 2.00. The minimum Gasteiger partial charge on any atom is -0.516 e. The third-order valence-corrected chi connectivity index (χ3v) is 2.00. The second-order valence-electron chi connectivity index (χ2n) is 3.38. The van der Waals surface area contributed by atoms with E-state index in [-0.39, 0.29) is 5.78 Å². The van der Waals surface area contributed by atoms with Gasteiger partial charge < -0.3 is 5.11 Å². The first-order valence-electron chi connectivity index (χ1n) is 5.59. The van der Waals surface area contributed by atoms with Crippen molar-refractivity contribution in [1.29, 1.82) is 0 Å². The van der Waals surface area contributed by atoms with Gasteiger partial charge in [-0.2, -0.15) is 0 Å². The topological polar surface area (TPSA) is 37.3 Å². The van der Waals surface area contributed by atoms with E-state index in [0.29, 0.717) is 6.42 Å². The summed E-state index contributed by atoms with van der Waals surface area (Å²) in [6, 6.07) is 9.48.